The lowest BCUT2D eigenvalue weighted by Gasteiger charge is -2.39. The zero-order valence-electron chi connectivity index (χ0n) is 14.4. The number of carbonyl (C=O) groups is 1. The van der Waals surface area contributed by atoms with Crippen molar-refractivity contribution in [2.45, 2.75) is 70.1 Å². The van der Waals surface area contributed by atoms with Crippen LogP contribution in [0.2, 0.25) is 0 Å². The van der Waals surface area contributed by atoms with E-state index >= 15 is 0 Å². The standard InChI is InChI=1S/C16H32N2O3S/c1-15(2,3)22(21)11-10-17-14(20)18-16(4,12-19)13-8-6-5-7-9-13/h13,19H,5-12H2,1-4H3,(H2,17,18,20)/t16-,22-/m1/s1. The minimum absolute atomic E-state index is 0.0565. The molecule has 1 aliphatic rings. The number of nitrogens with one attached hydrogen (secondary N) is 2. The van der Waals surface area contributed by atoms with Gasteiger partial charge in [-0.2, -0.15) is 0 Å². The lowest BCUT2D eigenvalue weighted by Crippen LogP contribution is -2.57. The molecule has 2 amide bonds. The molecule has 6 heteroatoms. The van der Waals surface area contributed by atoms with Gasteiger partial charge in [0.2, 0.25) is 0 Å². The number of carbonyl (C=O) groups excluding carboxylic acids is 1. The number of amides is 2. The second kappa shape index (κ2) is 8.29. The number of aliphatic hydroxyl groups is 1. The molecule has 0 bridgehead atoms. The van der Waals surface area contributed by atoms with Gasteiger partial charge in [-0.15, -0.1) is 0 Å². The van der Waals surface area contributed by atoms with Gasteiger partial charge >= 0.3 is 6.03 Å². The van der Waals surface area contributed by atoms with Gasteiger partial charge in [-0.05, 0) is 46.5 Å². The van der Waals surface area contributed by atoms with E-state index < -0.39 is 16.3 Å². The van der Waals surface area contributed by atoms with Crippen molar-refractivity contribution >= 4 is 16.8 Å². The van der Waals surface area contributed by atoms with Gasteiger partial charge in [0, 0.05) is 27.8 Å². The highest BCUT2D eigenvalue weighted by Crippen LogP contribution is 2.32. The first-order chi connectivity index (χ1) is 10.2. The van der Waals surface area contributed by atoms with E-state index in [1.165, 1.54) is 6.42 Å². The first-order valence-corrected chi connectivity index (χ1v) is 9.56. The summed E-state index contributed by atoms with van der Waals surface area (Å²) in [7, 11) is -0.975. The number of hydrogen-bond donors (Lipinski definition) is 3. The second-order valence-corrected chi connectivity index (χ2v) is 9.78. The molecule has 0 aliphatic heterocycles. The quantitative estimate of drug-likeness (QED) is 0.697. The largest absolute Gasteiger partial charge is 0.394 e. The van der Waals surface area contributed by atoms with Crippen LogP contribution in [-0.2, 0) is 10.8 Å². The van der Waals surface area contributed by atoms with E-state index in [-0.39, 0.29) is 17.4 Å². The summed E-state index contributed by atoms with van der Waals surface area (Å²) >= 11 is 0. The fraction of sp³-hybridized carbons (Fsp3) is 0.938. The Kier molecular flexibility index (Phi) is 7.32. The summed E-state index contributed by atoms with van der Waals surface area (Å²) in [5, 5.41) is 15.4. The van der Waals surface area contributed by atoms with Gasteiger partial charge in [-0.3, -0.25) is 4.21 Å². The Morgan fingerprint density at radius 3 is 2.27 bits per heavy atom. The molecule has 0 aromatic carbocycles. The van der Waals surface area contributed by atoms with Crippen LogP contribution >= 0.6 is 0 Å². The molecule has 1 fully saturated rings. The van der Waals surface area contributed by atoms with Crippen molar-refractivity contribution in [2.24, 2.45) is 5.92 Å². The third-order valence-corrected chi connectivity index (χ3v) is 6.43. The highest BCUT2D eigenvalue weighted by atomic mass is 32.2. The molecular weight excluding hydrogens is 300 g/mol. The van der Waals surface area contributed by atoms with Gasteiger partial charge in [0.1, 0.15) is 0 Å². The summed E-state index contributed by atoms with van der Waals surface area (Å²) in [4.78, 5) is 12.1. The molecule has 0 radical (unpaired) electrons. The average molecular weight is 333 g/mol. The zero-order valence-corrected chi connectivity index (χ0v) is 15.2. The van der Waals surface area contributed by atoms with Crippen LogP contribution in [0.3, 0.4) is 0 Å². The van der Waals surface area contributed by atoms with E-state index in [1.54, 1.807) is 0 Å². The van der Waals surface area contributed by atoms with Gasteiger partial charge in [-0.25, -0.2) is 4.79 Å². The molecule has 5 nitrogen and oxygen atoms in total. The van der Waals surface area contributed by atoms with Crippen molar-refractivity contribution in [3.05, 3.63) is 0 Å². The number of aliphatic hydroxyl groups excluding tert-OH is 1. The molecule has 22 heavy (non-hydrogen) atoms. The normalized spacial score (nSPS) is 21.0. The lowest BCUT2D eigenvalue weighted by molar-refractivity contribution is 0.101. The van der Waals surface area contributed by atoms with E-state index in [9.17, 15) is 14.1 Å². The lowest BCUT2D eigenvalue weighted by atomic mass is 9.76. The third kappa shape index (κ3) is 5.88. The Morgan fingerprint density at radius 1 is 1.18 bits per heavy atom. The van der Waals surface area contributed by atoms with Gasteiger partial charge < -0.3 is 15.7 Å². The van der Waals surface area contributed by atoms with Crippen LogP contribution in [0.4, 0.5) is 4.79 Å². The topological polar surface area (TPSA) is 78.4 Å². The molecule has 130 valence electrons. The molecule has 3 N–H and O–H groups in total. The van der Waals surface area contributed by atoms with Gasteiger partial charge in [0.15, 0.2) is 0 Å². The first-order valence-electron chi connectivity index (χ1n) is 8.24. The smallest absolute Gasteiger partial charge is 0.315 e. The fourth-order valence-corrected chi connectivity index (χ4v) is 3.78. The summed E-state index contributed by atoms with van der Waals surface area (Å²) in [6, 6.07) is -0.284. The molecule has 0 heterocycles. The third-order valence-electron chi connectivity index (χ3n) is 4.49. The van der Waals surface area contributed by atoms with Gasteiger partial charge in [-0.1, -0.05) is 19.3 Å². The monoisotopic (exact) mass is 332 g/mol. The van der Waals surface area contributed by atoms with Crippen molar-refractivity contribution in [3.63, 3.8) is 0 Å². The van der Waals surface area contributed by atoms with Gasteiger partial charge in [0.05, 0.1) is 12.1 Å². The van der Waals surface area contributed by atoms with E-state index in [0.717, 1.165) is 25.7 Å². The maximum absolute atomic E-state index is 12.1. The van der Waals surface area contributed by atoms with Crippen molar-refractivity contribution in [1.29, 1.82) is 0 Å². The summed E-state index contributed by atoms with van der Waals surface area (Å²) in [6.45, 7) is 8.01. The molecule has 1 aliphatic carbocycles. The Bertz CT molecular complexity index is 389. The number of rotatable bonds is 6. The predicted molar refractivity (Wildman–Crippen MR) is 91.4 cm³/mol. The van der Waals surface area contributed by atoms with Gasteiger partial charge in [0.25, 0.3) is 0 Å². The molecule has 0 unspecified atom stereocenters. The van der Waals surface area contributed by atoms with Crippen molar-refractivity contribution in [3.8, 4) is 0 Å². The van der Waals surface area contributed by atoms with Crippen molar-refractivity contribution in [1.82, 2.24) is 10.6 Å². The van der Waals surface area contributed by atoms with Crippen molar-refractivity contribution < 1.29 is 14.1 Å². The maximum Gasteiger partial charge on any atom is 0.315 e. The minimum Gasteiger partial charge on any atom is -0.394 e. The Hall–Kier alpha value is -0.620. The summed E-state index contributed by atoms with van der Waals surface area (Å²) < 4.78 is 11.7. The number of urea groups is 1. The molecule has 1 saturated carbocycles. The predicted octanol–water partition coefficient (Wildman–Crippen LogP) is 2.16. The molecule has 1 rings (SSSR count). The molecule has 2 atom stereocenters. The molecule has 0 aromatic rings. The van der Waals surface area contributed by atoms with Crippen LogP contribution in [0.25, 0.3) is 0 Å². The molecule has 0 saturated heterocycles. The first kappa shape index (κ1) is 19.4. The second-order valence-electron chi connectivity index (χ2n) is 7.45. The van der Waals surface area contributed by atoms with Crippen LogP contribution in [0.5, 0.6) is 0 Å². The molecule has 0 aromatic heterocycles. The molecular formula is C16H32N2O3S. The summed E-state index contributed by atoms with van der Waals surface area (Å²) in [6.07, 6.45) is 5.65. The van der Waals surface area contributed by atoms with Crippen molar-refractivity contribution in [2.75, 3.05) is 18.9 Å². The molecule has 0 spiro atoms. The highest BCUT2D eigenvalue weighted by molar-refractivity contribution is 7.86. The van der Waals surface area contributed by atoms with E-state index in [4.69, 9.17) is 0 Å². The zero-order chi connectivity index (χ0) is 16.8. The van der Waals surface area contributed by atoms with Crippen LogP contribution in [0.1, 0.15) is 59.8 Å². The Labute approximate surface area is 137 Å². The van der Waals surface area contributed by atoms with E-state index in [1.807, 2.05) is 27.7 Å². The van der Waals surface area contributed by atoms with Crippen LogP contribution in [0.15, 0.2) is 0 Å². The fourth-order valence-electron chi connectivity index (χ4n) is 2.88. The SMILES string of the molecule is CC(C)(C)[S@](=O)CCNC(=O)N[C@](C)(CO)C1CCCCC1. The Balaban J connectivity index is 2.43. The van der Waals surface area contributed by atoms with E-state index in [2.05, 4.69) is 10.6 Å². The minimum atomic E-state index is -0.975. The highest BCUT2D eigenvalue weighted by Gasteiger charge is 2.35. The summed E-state index contributed by atoms with van der Waals surface area (Å²) in [5.41, 5.74) is -0.576. The van der Waals surface area contributed by atoms with Crippen LogP contribution in [0, 0.1) is 5.92 Å². The summed E-state index contributed by atoms with van der Waals surface area (Å²) in [5.74, 6) is 0.761. The maximum atomic E-state index is 12.1. The number of hydrogen-bond acceptors (Lipinski definition) is 3. The Morgan fingerprint density at radius 2 is 1.77 bits per heavy atom. The average Bonchev–Trinajstić information content (AvgIpc) is 2.46. The van der Waals surface area contributed by atoms with E-state index in [0.29, 0.717) is 18.2 Å². The van der Waals surface area contributed by atoms with Crippen LogP contribution < -0.4 is 10.6 Å². The van der Waals surface area contributed by atoms with Crippen LogP contribution in [-0.4, -0.2) is 44.5 Å².